The Morgan fingerprint density at radius 1 is 1.35 bits per heavy atom. The van der Waals surface area contributed by atoms with E-state index in [9.17, 15) is 9.90 Å². The Balaban J connectivity index is 1.76. The highest BCUT2D eigenvalue weighted by atomic mass is 16.3. The third-order valence-corrected chi connectivity index (χ3v) is 6.38. The Bertz CT molecular complexity index is 651. The van der Waals surface area contributed by atoms with Gasteiger partial charge in [-0.15, -0.1) is 0 Å². The lowest BCUT2D eigenvalue weighted by Gasteiger charge is -2.33. The van der Waals surface area contributed by atoms with E-state index < -0.39 is 0 Å². The number of piperidine rings is 1. The molecule has 0 bridgehead atoms. The monoisotopic (exact) mass is 363 g/mol. The first-order valence-electron chi connectivity index (χ1n) is 9.66. The van der Waals surface area contributed by atoms with Crippen LogP contribution >= 0.6 is 0 Å². The zero-order valence-electron chi connectivity index (χ0n) is 16.6. The summed E-state index contributed by atoms with van der Waals surface area (Å²) >= 11 is 0. The number of carbonyl (C=O) groups excluding carboxylic acids is 1. The highest BCUT2D eigenvalue weighted by Crippen LogP contribution is 2.41. The fourth-order valence-electron chi connectivity index (χ4n) is 4.70. The van der Waals surface area contributed by atoms with Gasteiger partial charge in [-0.1, -0.05) is 0 Å². The molecule has 1 aromatic rings. The number of likely N-dealkylation sites (N-methyl/N-ethyl adjacent to an activating group) is 1. The van der Waals surface area contributed by atoms with Crippen LogP contribution in [0.15, 0.2) is 0 Å². The molecule has 0 saturated carbocycles. The predicted octanol–water partition coefficient (Wildman–Crippen LogP) is 0.432. The van der Waals surface area contributed by atoms with Crippen LogP contribution in [-0.4, -0.2) is 76.5 Å². The molecule has 146 valence electrons. The molecular weight excluding hydrogens is 330 g/mol. The van der Waals surface area contributed by atoms with Crippen LogP contribution in [0.2, 0.25) is 0 Å². The summed E-state index contributed by atoms with van der Waals surface area (Å²) in [5.74, 6) is 0.139. The second-order valence-electron chi connectivity index (χ2n) is 8.14. The van der Waals surface area contributed by atoms with Crippen LogP contribution < -0.4 is 5.32 Å². The van der Waals surface area contributed by atoms with E-state index in [0.717, 1.165) is 55.8 Å². The standard InChI is InChI=1S/C19H33N5O2/c1-14-16(15(2)23(4)21-14)12-24(9-10-25)18(26)17-11-19(13-22(17)3)5-7-20-8-6-19/h17,20,25H,5-13H2,1-4H3/t17-/m1/s1. The molecule has 0 unspecified atom stereocenters. The van der Waals surface area contributed by atoms with E-state index in [1.807, 2.05) is 30.5 Å². The van der Waals surface area contributed by atoms with Gasteiger partial charge >= 0.3 is 0 Å². The van der Waals surface area contributed by atoms with Gasteiger partial charge in [0, 0.05) is 37.9 Å². The van der Waals surface area contributed by atoms with Crippen molar-refractivity contribution in [2.24, 2.45) is 12.5 Å². The highest BCUT2D eigenvalue weighted by Gasteiger charge is 2.46. The molecule has 0 aromatic carbocycles. The molecule has 2 fully saturated rings. The van der Waals surface area contributed by atoms with Gasteiger partial charge in [0.25, 0.3) is 0 Å². The van der Waals surface area contributed by atoms with Crippen LogP contribution in [0, 0.1) is 19.3 Å². The van der Waals surface area contributed by atoms with Crippen molar-refractivity contribution >= 4 is 5.91 Å². The van der Waals surface area contributed by atoms with Crippen molar-refractivity contribution in [2.45, 2.75) is 45.7 Å². The lowest BCUT2D eigenvalue weighted by Crippen LogP contribution is -2.45. The van der Waals surface area contributed by atoms with Gasteiger partial charge in [-0.25, -0.2) is 0 Å². The molecule has 0 aliphatic carbocycles. The Morgan fingerprint density at radius 3 is 2.62 bits per heavy atom. The number of nitrogens with zero attached hydrogens (tertiary/aromatic N) is 4. The van der Waals surface area contributed by atoms with E-state index in [0.29, 0.717) is 13.1 Å². The Labute approximate surface area is 156 Å². The maximum absolute atomic E-state index is 13.3. The van der Waals surface area contributed by atoms with Crippen molar-refractivity contribution in [3.63, 3.8) is 0 Å². The topological polar surface area (TPSA) is 73.6 Å². The molecule has 2 aliphatic heterocycles. The van der Waals surface area contributed by atoms with E-state index >= 15 is 0 Å². The summed E-state index contributed by atoms with van der Waals surface area (Å²) in [7, 11) is 3.99. The van der Waals surface area contributed by atoms with E-state index in [4.69, 9.17) is 0 Å². The summed E-state index contributed by atoms with van der Waals surface area (Å²) in [5.41, 5.74) is 3.39. The number of aliphatic hydroxyl groups is 1. The SMILES string of the molecule is Cc1nn(C)c(C)c1CN(CCO)C(=O)[C@H]1CC2(CCNCC2)CN1C. The van der Waals surface area contributed by atoms with Crippen molar-refractivity contribution in [1.29, 1.82) is 0 Å². The maximum Gasteiger partial charge on any atom is 0.240 e. The minimum Gasteiger partial charge on any atom is -0.395 e. The molecule has 3 heterocycles. The summed E-state index contributed by atoms with van der Waals surface area (Å²) in [5, 5.41) is 17.4. The summed E-state index contributed by atoms with van der Waals surface area (Å²) in [6.45, 7) is 7.96. The highest BCUT2D eigenvalue weighted by molar-refractivity contribution is 5.82. The summed E-state index contributed by atoms with van der Waals surface area (Å²) in [6, 6.07) is -0.0862. The number of carbonyl (C=O) groups is 1. The quantitative estimate of drug-likeness (QED) is 0.794. The first-order chi connectivity index (χ1) is 12.4. The molecule has 1 spiro atoms. The third kappa shape index (κ3) is 3.66. The average Bonchev–Trinajstić information content (AvgIpc) is 3.05. The smallest absolute Gasteiger partial charge is 0.240 e. The van der Waals surface area contributed by atoms with Gasteiger partial charge in [-0.2, -0.15) is 5.10 Å². The zero-order chi connectivity index (χ0) is 18.9. The molecular formula is C19H33N5O2. The number of aryl methyl sites for hydroxylation is 2. The van der Waals surface area contributed by atoms with Crippen LogP contribution in [0.5, 0.6) is 0 Å². The van der Waals surface area contributed by atoms with Gasteiger partial charge < -0.3 is 15.3 Å². The van der Waals surface area contributed by atoms with Crippen LogP contribution in [0.25, 0.3) is 0 Å². The molecule has 2 saturated heterocycles. The van der Waals surface area contributed by atoms with Crippen molar-refractivity contribution in [2.75, 3.05) is 39.8 Å². The van der Waals surface area contributed by atoms with Crippen molar-refractivity contribution in [1.82, 2.24) is 24.9 Å². The summed E-state index contributed by atoms with van der Waals surface area (Å²) < 4.78 is 1.86. The van der Waals surface area contributed by atoms with E-state index in [-0.39, 0.29) is 24.0 Å². The zero-order valence-corrected chi connectivity index (χ0v) is 16.6. The lowest BCUT2D eigenvalue weighted by molar-refractivity contribution is -0.136. The normalized spacial score (nSPS) is 22.9. The van der Waals surface area contributed by atoms with Crippen molar-refractivity contribution < 1.29 is 9.90 Å². The number of nitrogens with one attached hydrogen (secondary N) is 1. The molecule has 3 rings (SSSR count). The fraction of sp³-hybridized carbons (Fsp3) is 0.789. The summed E-state index contributed by atoms with van der Waals surface area (Å²) in [6.07, 6.45) is 3.21. The van der Waals surface area contributed by atoms with Crippen LogP contribution in [0.4, 0.5) is 0 Å². The largest absolute Gasteiger partial charge is 0.395 e. The van der Waals surface area contributed by atoms with Crippen LogP contribution in [0.3, 0.4) is 0 Å². The maximum atomic E-state index is 13.3. The molecule has 0 radical (unpaired) electrons. The Hall–Kier alpha value is -1.44. The predicted molar refractivity (Wildman–Crippen MR) is 101 cm³/mol. The van der Waals surface area contributed by atoms with Crippen LogP contribution in [-0.2, 0) is 18.4 Å². The second kappa shape index (κ2) is 7.66. The number of rotatable bonds is 5. The van der Waals surface area contributed by atoms with Crippen LogP contribution in [0.1, 0.15) is 36.2 Å². The van der Waals surface area contributed by atoms with Gasteiger partial charge in [0.2, 0.25) is 5.91 Å². The van der Waals surface area contributed by atoms with Crippen molar-refractivity contribution in [3.8, 4) is 0 Å². The number of aliphatic hydroxyl groups excluding tert-OH is 1. The minimum absolute atomic E-state index is 0.0183. The van der Waals surface area contributed by atoms with Gasteiger partial charge in [0.05, 0.1) is 18.3 Å². The van der Waals surface area contributed by atoms with Gasteiger partial charge in [0.15, 0.2) is 0 Å². The summed E-state index contributed by atoms with van der Waals surface area (Å²) in [4.78, 5) is 17.4. The Morgan fingerprint density at radius 2 is 2.04 bits per heavy atom. The van der Waals surface area contributed by atoms with E-state index in [1.54, 1.807) is 0 Å². The second-order valence-corrected chi connectivity index (χ2v) is 8.14. The van der Waals surface area contributed by atoms with Gasteiger partial charge in [0.1, 0.15) is 0 Å². The molecule has 2 N–H and O–H groups in total. The number of hydrogen-bond donors (Lipinski definition) is 2. The molecule has 1 aromatic heterocycles. The molecule has 1 atom stereocenters. The number of hydrogen-bond acceptors (Lipinski definition) is 5. The molecule has 1 amide bonds. The number of likely N-dealkylation sites (tertiary alicyclic amines) is 1. The number of amides is 1. The average molecular weight is 364 g/mol. The van der Waals surface area contributed by atoms with Gasteiger partial charge in [-0.05, 0) is 58.7 Å². The van der Waals surface area contributed by atoms with Crippen molar-refractivity contribution in [3.05, 3.63) is 17.0 Å². The Kier molecular flexibility index (Phi) is 5.69. The van der Waals surface area contributed by atoms with E-state index in [1.165, 1.54) is 0 Å². The number of aromatic nitrogens is 2. The first kappa shape index (κ1) is 19.3. The minimum atomic E-state index is -0.0862. The fourth-order valence-corrected chi connectivity index (χ4v) is 4.70. The molecule has 7 heteroatoms. The lowest BCUT2D eigenvalue weighted by atomic mass is 9.77. The first-order valence-corrected chi connectivity index (χ1v) is 9.66. The van der Waals surface area contributed by atoms with Gasteiger partial charge in [-0.3, -0.25) is 14.4 Å². The third-order valence-electron chi connectivity index (χ3n) is 6.38. The molecule has 26 heavy (non-hydrogen) atoms. The molecule has 7 nitrogen and oxygen atoms in total. The van der Waals surface area contributed by atoms with E-state index in [2.05, 4.69) is 22.4 Å². The molecule has 2 aliphatic rings.